The van der Waals surface area contributed by atoms with Crippen LogP contribution in [0.4, 0.5) is 0 Å². The standard InChI is InChI=1S/C22H29ClN2O6S/c1-13(2)25(4)32(27,28)16-8-9-18(23)17(12-16)22(26)24-14(3)15-10-19(29-5)21(31-7)20(11-15)30-6/h8-14H,1-7H3,(H,24,26). The summed E-state index contributed by atoms with van der Waals surface area (Å²) in [5.74, 6) is 0.824. The van der Waals surface area contributed by atoms with Gasteiger partial charge in [0.05, 0.1) is 42.9 Å². The maximum atomic E-state index is 13.0. The maximum Gasteiger partial charge on any atom is 0.253 e. The van der Waals surface area contributed by atoms with Crippen LogP contribution in [0.2, 0.25) is 5.02 Å². The molecule has 2 rings (SSSR count). The number of rotatable bonds is 9. The Balaban J connectivity index is 2.37. The normalized spacial score (nSPS) is 12.6. The summed E-state index contributed by atoms with van der Waals surface area (Å²) >= 11 is 6.22. The molecule has 176 valence electrons. The molecule has 1 atom stereocenters. The van der Waals surface area contributed by atoms with E-state index in [-0.39, 0.29) is 21.5 Å². The molecule has 8 nitrogen and oxygen atoms in total. The minimum Gasteiger partial charge on any atom is -0.493 e. The Morgan fingerprint density at radius 1 is 1.00 bits per heavy atom. The van der Waals surface area contributed by atoms with Gasteiger partial charge in [0.25, 0.3) is 5.91 Å². The number of nitrogens with one attached hydrogen (secondary N) is 1. The quantitative estimate of drug-likeness (QED) is 0.580. The Kier molecular flexibility index (Phi) is 8.39. The van der Waals surface area contributed by atoms with Crippen molar-refractivity contribution >= 4 is 27.5 Å². The van der Waals surface area contributed by atoms with E-state index in [1.165, 1.54) is 50.9 Å². The lowest BCUT2D eigenvalue weighted by Gasteiger charge is -2.22. The highest BCUT2D eigenvalue weighted by atomic mass is 35.5. The highest BCUT2D eigenvalue weighted by Crippen LogP contribution is 2.39. The Labute approximate surface area is 194 Å². The van der Waals surface area contributed by atoms with Gasteiger partial charge in [-0.3, -0.25) is 4.79 Å². The lowest BCUT2D eigenvalue weighted by atomic mass is 10.1. The summed E-state index contributed by atoms with van der Waals surface area (Å²) in [6.07, 6.45) is 0. The van der Waals surface area contributed by atoms with Crippen molar-refractivity contribution in [2.45, 2.75) is 37.8 Å². The van der Waals surface area contributed by atoms with Crippen molar-refractivity contribution in [1.82, 2.24) is 9.62 Å². The lowest BCUT2D eigenvalue weighted by Crippen LogP contribution is -2.33. The van der Waals surface area contributed by atoms with Crippen LogP contribution in [-0.2, 0) is 10.0 Å². The molecule has 0 aliphatic heterocycles. The summed E-state index contributed by atoms with van der Waals surface area (Å²) in [6.45, 7) is 5.31. The minimum atomic E-state index is -3.77. The molecule has 1 N–H and O–H groups in total. The van der Waals surface area contributed by atoms with Crippen molar-refractivity contribution in [2.24, 2.45) is 0 Å². The summed E-state index contributed by atoms with van der Waals surface area (Å²) in [7, 11) is 2.23. The topological polar surface area (TPSA) is 94.2 Å². The molecule has 32 heavy (non-hydrogen) atoms. The van der Waals surface area contributed by atoms with Gasteiger partial charge in [0, 0.05) is 13.1 Å². The molecule has 0 spiro atoms. The van der Waals surface area contributed by atoms with E-state index in [9.17, 15) is 13.2 Å². The van der Waals surface area contributed by atoms with Gasteiger partial charge >= 0.3 is 0 Å². The fourth-order valence-electron chi connectivity index (χ4n) is 2.99. The van der Waals surface area contributed by atoms with Crippen molar-refractivity contribution in [2.75, 3.05) is 28.4 Å². The van der Waals surface area contributed by atoms with Gasteiger partial charge in [0.1, 0.15) is 0 Å². The predicted octanol–water partition coefficient (Wildman–Crippen LogP) is 3.89. The van der Waals surface area contributed by atoms with Crippen molar-refractivity contribution in [1.29, 1.82) is 0 Å². The summed E-state index contributed by atoms with van der Waals surface area (Å²) < 4.78 is 42.9. The molecule has 0 saturated carbocycles. The first-order valence-corrected chi connectivity index (χ1v) is 11.7. The van der Waals surface area contributed by atoms with E-state index in [4.69, 9.17) is 25.8 Å². The summed E-state index contributed by atoms with van der Waals surface area (Å²) in [5, 5.41) is 2.98. The number of carbonyl (C=O) groups excluding carboxylic acids is 1. The van der Waals surface area contributed by atoms with Crippen LogP contribution in [0.25, 0.3) is 0 Å². The van der Waals surface area contributed by atoms with Crippen molar-refractivity contribution in [3.63, 3.8) is 0 Å². The zero-order chi connectivity index (χ0) is 24.2. The molecule has 2 aromatic rings. The maximum absolute atomic E-state index is 13.0. The summed E-state index contributed by atoms with van der Waals surface area (Å²) in [5.41, 5.74) is 0.761. The average Bonchev–Trinajstić information content (AvgIpc) is 2.77. The molecule has 0 heterocycles. The molecular formula is C22H29ClN2O6S. The van der Waals surface area contributed by atoms with E-state index in [0.29, 0.717) is 22.8 Å². The van der Waals surface area contributed by atoms with Gasteiger partial charge in [-0.05, 0) is 56.7 Å². The van der Waals surface area contributed by atoms with Crippen LogP contribution in [-0.4, -0.2) is 53.0 Å². The number of methoxy groups -OCH3 is 3. The second-order valence-electron chi connectivity index (χ2n) is 7.41. The number of ether oxygens (including phenoxy) is 3. The number of hydrogen-bond donors (Lipinski definition) is 1. The Bertz CT molecular complexity index is 1060. The summed E-state index contributed by atoms with van der Waals surface area (Å²) in [6, 6.07) is 6.82. The number of sulfonamides is 1. The third-order valence-corrected chi connectivity index (χ3v) is 7.48. The number of benzene rings is 2. The molecular weight excluding hydrogens is 456 g/mol. The first kappa shape index (κ1) is 25.8. The van der Waals surface area contributed by atoms with E-state index >= 15 is 0 Å². The third kappa shape index (κ3) is 5.28. The van der Waals surface area contributed by atoms with Crippen LogP contribution in [0.5, 0.6) is 17.2 Å². The number of halogens is 1. The smallest absolute Gasteiger partial charge is 0.253 e. The van der Waals surface area contributed by atoms with Crippen molar-refractivity contribution in [3.05, 3.63) is 46.5 Å². The molecule has 2 aromatic carbocycles. The Morgan fingerprint density at radius 3 is 2.03 bits per heavy atom. The van der Waals surface area contributed by atoms with Gasteiger partial charge in [-0.2, -0.15) is 4.31 Å². The summed E-state index contributed by atoms with van der Waals surface area (Å²) in [4.78, 5) is 13.0. The SMILES string of the molecule is COc1cc(C(C)NC(=O)c2cc(S(=O)(=O)N(C)C(C)C)ccc2Cl)cc(OC)c1OC. The molecule has 0 fully saturated rings. The molecule has 0 radical (unpaired) electrons. The minimum absolute atomic E-state index is 0.0105. The number of carbonyl (C=O) groups is 1. The van der Waals surface area contributed by atoms with Crippen LogP contribution in [0.3, 0.4) is 0 Å². The van der Waals surface area contributed by atoms with Gasteiger partial charge in [-0.25, -0.2) is 8.42 Å². The molecule has 1 unspecified atom stereocenters. The first-order chi connectivity index (χ1) is 15.0. The zero-order valence-electron chi connectivity index (χ0n) is 19.2. The fourth-order valence-corrected chi connectivity index (χ4v) is 4.59. The van der Waals surface area contributed by atoms with E-state index in [2.05, 4.69) is 5.32 Å². The fraction of sp³-hybridized carbons (Fsp3) is 0.409. The number of hydrogen-bond acceptors (Lipinski definition) is 6. The monoisotopic (exact) mass is 484 g/mol. The average molecular weight is 485 g/mol. The van der Waals surface area contributed by atoms with Crippen LogP contribution in [0.15, 0.2) is 35.2 Å². The van der Waals surface area contributed by atoms with Gasteiger partial charge in [-0.15, -0.1) is 0 Å². The Hall–Kier alpha value is -2.49. The van der Waals surface area contributed by atoms with Crippen LogP contribution in [0, 0.1) is 0 Å². The van der Waals surface area contributed by atoms with E-state index in [0.717, 1.165) is 0 Å². The molecule has 0 aromatic heterocycles. The highest BCUT2D eigenvalue weighted by Gasteiger charge is 2.26. The lowest BCUT2D eigenvalue weighted by molar-refractivity contribution is 0.0939. The van der Waals surface area contributed by atoms with Gasteiger partial charge < -0.3 is 19.5 Å². The van der Waals surface area contributed by atoms with Crippen LogP contribution in [0.1, 0.15) is 42.7 Å². The van der Waals surface area contributed by atoms with Gasteiger partial charge in [0.15, 0.2) is 11.5 Å². The van der Waals surface area contributed by atoms with Gasteiger partial charge in [0.2, 0.25) is 15.8 Å². The predicted molar refractivity (Wildman–Crippen MR) is 124 cm³/mol. The molecule has 0 aliphatic carbocycles. The van der Waals surface area contributed by atoms with Gasteiger partial charge in [-0.1, -0.05) is 11.6 Å². The molecule has 0 bridgehead atoms. The second-order valence-corrected chi connectivity index (χ2v) is 9.82. The first-order valence-electron chi connectivity index (χ1n) is 9.86. The highest BCUT2D eigenvalue weighted by molar-refractivity contribution is 7.89. The van der Waals surface area contributed by atoms with E-state index < -0.39 is 22.0 Å². The Morgan fingerprint density at radius 2 is 1.56 bits per heavy atom. The number of nitrogens with zero attached hydrogens (tertiary/aromatic N) is 1. The van der Waals surface area contributed by atoms with E-state index in [1.54, 1.807) is 32.9 Å². The molecule has 10 heteroatoms. The third-order valence-electron chi connectivity index (χ3n) is 5.12. The molecule has 0 saturated heterocycles. The second kappa shape index (κ2) is 10.4. The largest absolute Gasteiger partial charge is 0.493 e. The molecule has 0 aliphatic rings. The number of amides is 1. The van der Waals surface area contributed by atoms with Crippen molar-refractivity contribution < 1.29 is 27.4 Å². The van der Waals surface area contributed by atoms with Crippen molar-refractivity contribution in [3.8, 4) is 17.2 Å². The van der Waals surface area contributed by atoms with E-state index in [1.807, 2.05) is 0 Å². The zero-order valence-corrected chi connectivity index (χ0v) is 20.8. The van der Waals surface area contributed by atoms with Crippen LogP contribution < -0.4 is 19.5 Å². The molecule has 1 amide bonds. The van der Waals surface area contributed by atoms with Crippen LogP contribution >= 0.6 is 11.6 Å².